The van der Waals surface area contributed by atoms with Gasteiger partial charge in [-0.3, -0.25) is 19.8 Å². The fourth-order valence-corrected chi connectivity index (χ4v) is 6.08. The van der Waals surface area contributed by atoms with Gasteiger partial charge in [0, 0.05) is 12.5 Å². The summed E-state index contributed by atoms with van der Waals surface area (Å²) in [6.07, 6.45) is -0.422. The van der Waals surface area contributed by atoms with Gasteiger partial charge in [0.05, 0.1) is 29.0 Å². The van der Waals surface area contributed by atoms with Crippen molar-refractivity contribution in [1.29, 1.82) is 0 Å². The molecule has 1 fully saturated rings. The van der Waals surface area contributed by atoms with Crippen molar-refractivity contribution < 1.29 is 33.3 Å². The Morgan fingerprint density at radius 3 is 2.49 bits per heavy atom. The first-order chi connectivity index (χ1) is 18.7. The number of hydrogen-bond donors (Lipinski definition) is 1. The van der Waals surface area contributed by atoms with Gasteiger partial charge in [-0.15, -0.1) is 0 Å². The third kappa shape index (κ3) is 6.23. The minimum Gasteiger partial charge on any atom is -0.612 e. The summed E-state index contributed by atoms with van der Waals surface area (Å²) in [7, 11) is 0. The lowest BCUT2D eigenvalue weighted by atomic mass is 9.79. The van der Waals surface area contributed by atoms with E-state index in [0.29, 0.717) is 0 Å². The Morgan fingerprint density at radius 1 is 1.10 bits per heavy atom. The molecule has 0 aromatic heterocycles. The third-order valence-electron chi connectivity index (χ3n) is 6.67. The molecule has 4 rings (SSSR count). The number of fused-ring (bicyclic) bond motifs is 1. The first-order valence-electron chi connectivity index (χ1n) is 12.5. The number of nitro benzene ring substituents is 1. The number of nitro groups is 1. The van der Waals surface area contributed by atoms with Crippen LogP contribution in [0.25, 0.3) is 0 Å². The zero-order chi connectivity index (χ0) is 28.1. The first-order valence-corrected chi connectivity index (χ1v) is 13.8. The van der Waals surface area contributed by atoms with Crippen LogP contribution in [0, 0.1) is 22.0 Å². The second-order valence-corrected chi connectivity index (χ2v) is 11.1. The van der Waals surface area contributed by atoms with Crippen LogP contribution in [0.15, 0.2) is 65.2 Å². The molecule has 1 saturated heterocycles. The summed E-state index contributed by atoms with van der Waals surface area (Å²) in [5, 5.41) is 13.8. The molecule has 39 heavy (non-hydrogen) atoms. The number of esters is 1. The molecule has 3 unspecified atom stereocenters. The van der Waals surface area contributed by atoms with E-state index in [4.69, 9.17) is 9.47 Å². The zero-order valence-corrected chi connectivity index (χ0v) is 22.3. The third-order valence-corrected chi connectivity index (χ3v) is 8.16. The molecular formula is C27H29N3O8S. The molecule has 206 valence electrons. The topological polar surface area (TPSA) is 151 Å². The molecule has 0 saturated carbocycles. The van der Waals surface area contributed by atoms with Crippen LogP contribution in [0.3, 0.4) is 0 Å². The van der Waals surface area contributed by atoms with Gasteiger partial charge in [-0.1, -0.05) is 56.3 Å². The Labute approximate surface area is 228 Å². The number of nitrogens with zero attached hydrogens (tertiary/aromatic N) is 2. The van der Waals surface area contributed by atoms with Crippen molar-refractivity contribution in [3.63, 3.8) is 0 Å². The second kappa shape index (κ2) is 12.3. The second-order valence-electron chi connectivity index (χ2n) is 9.52. The molecule has 12 heteroatoms. The van der Waals surface area contributed by atoms with E-state index in [0.717, 1.165) is 5.56 Å². The van der Waals surface area contributed by atoms with Crippen LogP contribution in [0.2, 0.25) is 0 Å². The van der Waals surface area contributed by atoms with E-state index < -0.39 is 28.2 Å². The smallest absolute Gasteiger partial charge is 0.407 e. The number of rotatable bonds is 11. The average Bonchev–Trinajstić information content (AvgIpc) is 3.26. The van der Waals surface area contributed by atoms with Crippen molar-refractivity contribution in [3.8, 4) is 0 Å². The van der Waals surface area contributed by atoms with E-state index in [1.165, 1.54) is 23.1 Å². The molecule has 2 aliphatic rings. The average molecular weight is 556 g/mol. The predicted octanol–water partition coefficient (Wildman–Crippen LogP) is 3.41. The number of β-lactam (4-membered cyclic amide) rings is 1. The highest BCUT2D eigenvalue weighted by Gasteiger charge is 2.58. The van der Waals surface area contributed by atoms with Crippen LogP contribution >= 0.6 is 0 Å². The van der Waals surface area contributed by atoms with E-state index in [9.17, 15) is 29.1 Å². The quantitative estimate of drug-likeness (QED) is 0.146. The summed E-state index contributed by atoms with van der Waals surface area (Å²) < 4.78 is 23.8. The number of carbonyl (C=O) groups excluding carboxylic acids is 3. The predicted molar refractivity (Wildman–Crippen MR) is 141 cm³/mol. The van der Waals surface area contributed by atoms with Crippen molar-refractivity contribution in [2.45, 2.75) is 39.5 Å². The van der Waals surface area contributed by atoms with Crippen LogP contribution in [-0.4, -0.2) is 50.7 Å². The van der Waals surface area contributed by atoms with E-state index in [1.807, 2.05) is 44.2 Å². The van der Waals surface area contributed by atoms with E-state index in [2.05, 4.69) is 5.32 Å². The van der Waals surface area contributed by atoms with Crippen molar-refractivity contribution in [3.05, 3.63) is 86.4 Å². The minimum absolute atomic E-state index is 0.00218. The molecule has 2 aromatic carbocycles. The summed E-state index contributed by atoms with van der Waals surface area (Å²) in [6.45, 7) is 3.55. The molecule has 2 aromatic rings. The number of amides is 2. The van der Waals surface area contributed by atoms with Gasteiger partial charge in [0.25, 0.3) is 5.69 Å². The lowest BCUT2D eigenvalue weighted by Gasteiger charge is -2.45. The van der Waals surface area contributed by atoms with Crippen LogP contribution < -0.4 is 5.32 Å². The number of benzene rings is 2. The van der Waals surface area contributed by atoms with Gasteiger partial charge in [-0.05, 0) is 28.7 Å². The highest BCUT2D eigenvalue weighted by molar-refractivity contribution is 7.95. The Kier molecular flexibility index (Phi) is 8.87. The maximum Gasteiger partial charge on any atom is 0.407 e. The molecular weight excluding hydrogens is 526 g/mol. The number of carbonyl (C=O) groups is 3. The maximum atomic E-state index is 13.3. The van der Waals surface area contributed by atoms with Gasteiger partial charge in [-0.2, -0.15) is 0 Å². The Morgan fingerprint density at radius 2 is 1.79 bits per heavy atom. The van der Waals surface area contributed by atoms with Gasteiger partial charge in [0.2, 0.25) is 5.91 Å². The van der Waals surface area contributed by atoms with E-state index >= 15 is 0 Å². The summed E-state index contributed by atoms with van der Waals surface area (Å²) >= 11 is -1.70. The van der Waals surface area contributed by atoms with Gasteiger partial charge in [0.1, 0.15) is 19.0 Å². The fourth-order valence-electron chi connectivity index (χ4n) is 4.79. The van der Waals surface area contributed by atoms with Crippen LogP contribution in [0.1, 0.15) is 31.4 Å². The first kappa shape index (κ1) is 28.1. The Balaban J connectivity index is 1.42. The number of para-hydroxylation sites is 1. The van der Waals surface area contributed by atoms with Crippen LogP contribution in [-0.2, 0) is 43.5 Å². The zero-order valence-electron chi connectivity index (χ0n) is 21.5. The van der Waals surface area contributed by atoms with Gasteiger partial charge in [0.15, 0.2) is 10.6 Å². The molecule has 0 bridgehead atoms. The monoisotopic (exact) mass is 555 g/mol. The Bertz CT molecular complexity index is 1280. The molecule has 3 atom stereocenters. The molecule has 0 aliphatic carbocycles. The van der Waals surface area contributed by atoms with Crippen molar-refractivity contribution in [2.24, 2.45) is 11.8 Å². The van der Waals surface area contributed by atoms with Crippen molar-refractivity contribution in [2.75, 3.05) is 12.3 Å². The van der Waals surface area contributed by atoms with Crippen molar-refractivity contribution >= 4 is 34.8 Å². The molecule has 0 spiro atoms. The van der Waals surface area contributed by atoms with Gasteiger partial charge < -0.3 is 19.3 Å². The number of alkyl carbamates (subject to hydrolysis) is 1. The highest BCUT2D eigenvalue weighted by Crippen LogP contribution is 2.47. The lowest BCUT2D eigenvalue weighted by molar-refractivity contribution is -0.385. The molecule has 2 heterocycles. The van der Waals surface area contributed by atoms with Gasteiger partial charge >= 0.3 is 12.1 Å². The largest absolute Gasteiger partial charge is 0.612 e. The highest BCUT2D eigenvalue weighted by atomic mass is 32.2. The van der Waals surface area contributed by atoms with Gasteiger partial charge in [-0.25, -0.2) is 9.59 Å². The molecule has 1 N–H and O–H groups in total. The standard InChI is InChI=1S/C27H29N3O8S/c1-17(2)23-21-14-22(39(36)13-12-28-27(33)38-15-18-8-4-3-5-9-18)24(29(21)25(23)31)26(32)37-16-19-10-6-7-11-20(19)30(34)35/h3-11,17,21,23H,12-16H2,1-2H3,(H,28,33). The molecule has 0 radical (unpaired) electrons. The van der Waals surface area contributed by atoms with Crippen LogP contribution in [0.4, 0.5) is 10.5 Å². The summed E-state index contributed by atoms with van der Waals surface area (Å²) in [4.78, 5) is 50.4. The molecule has 2 amide bonds. The summed E-state index contributed by atoms with van der Waals surface area (Å²) in [6, 6.07) is 14.7. The lowest BCUT2D eigenvalue weighted by Crippen LogP contribution is -2.60. The van der Waals surface area contributed by atoms with E-state index in [1.54, 1.807) is 6.07 Å². The van der Waals surface area contributed by atoms with E-state index in [-0.39, 0.29) is 77.6 Å². The molecule has 11 nitrogen and oxygen atoms in total. The number of ether oxygens (including phenoxy) is 2. The van der Waals surface area contributed by atoms with Crippen LogP contribution in [0.5, 0.6) is 0 Å². The number of nitrogens with one attached hydrogen (secondary N) is 1. The SMILES string of the molecule is CC(C)C1C(=O)N2C(C(=O)OCc3ccccc3[N+](=O)[O-])=C([S+]([O-])CCNC(=O)OCc3ccccc3)CC12. The van der Waals surface area contributed by atoms with Crippen molar-refractivity contribution in [1.82, 2.24) is 10.2 Å². The molecule has 2 aliphatic heterocycles. The summed E-state index contributed by atoms with van der Waals surface area (Å²) in [5.41, 5.74) is 0.745. The fraction of sp³-hybridized carbons (Fsp3) is 0.370. The normalized spacial score (nSPS) is 18.9. The number of hydrogen-bond acceptors (Lipinski definition) is 8. The summed E-state index contributed by atoms with van der Waals surface area (Å²) in [5.74, 6) is -1.41. The minimum atomic E-state index is -1.70. The Hall–Kier alpha value is -3.90. The maximum absolute atomic E-state index is 13.3.